The number of aryl methyl sites for hydroxylation is 1. The van der Waals surface area contributed by atoms with Crippen LogP contribution in [0.2, 0.25) is 0 Å². The van der Waals surface area contributed by atoms with Gasteiger partial charge < -0.3 is 24.7 Å². The van der Waals surface area contributed by atoms with Crippen molar-refractivity contribution in [3.8, 4) is 5.75 Å². The molecule has 1 aromatic heterocycles. The molecule has 2 heterocycles. The molecule has 1 aliphatic rings. The number of hydrogen-bond donors (Lipinski definition) is 2. The number of amides is 2. The molecule has 2 amide bonds. The van der Waals surface area contributed by atoms with Gasteiger partial charge in [0, 0.05) is 25.6 Å². The summed E-state index contributed by atoms with van der Waals surface area (Å²) < 4.78 is 11.0. The third-order valence-electron chi connectivity index (χ3n) is 5.97. The smallest absolute Gasteiger partial charge is 0.410 e. The molecule has 8 nitrogen and oxygen atoms in total. The van der Waals surface area contributed by atoms with Gasteiger partial charge in [0.05, 0.1) is 12.7 Å². The number of carbonyl (C=O) groups is 2. The number of benzene rings is 1. The Hall–Kier alpha value is -2.77. The van der Waals surface area contributed by atoms with Crippen LogP contribution < -0.4 is 10.1 Å². The van der Waals surface area contributed by atoms with E-state index in [9.17, 15) is 9.59 Å². The summed E-state index contributed by atoms with van der Waals surface area (Å²) in [5.41, 5.74) is 1.33. The van der Waals surface area contributed by atoms with Gasteiger partial charge in [0.2, 0.25) is 0 Å². The molecule has 34 heavy (non-hydrogen) atoms. The third kappa shape index (κ3) is 6.87. The molecule has 188 valence electrons. The van der Waals surface area contributed by atoms with Crippen LogP contribution in [0.1, 0.15) is 82.9 Å². The molecule has 1 unspecified atom stereocenters. The van der Waals surface area contributed by atoms with E-state index in [1.165, 1.54) is 6.42 Å². The molecule has 2 N–H and O–H groups in total. The third-order valence-corrected chi connectivity index (χ3v) is 5.97. The number of H-pyrrole nitrogens is 1. The highest BCUT2D eigenvalue weighted by atomic mass is 16.6. The van der Waals surface area contributed by atoms with Crippen molar-refractivity contribution in [3.63, 3.8) is 0 Å². The highest BCUT2D eigenvalue weighted by molar-refractivity contribution is 6.06. The zero-order chi connectivity index (χ0) is 24.9. The molecular formula is C26H40N4O4. The number of likely N-dealkylation sites (tertiary alicyclic amines) is 1. The number of aromatic nitrogens is 2. The van der Waals surface area contributed by atoms with E-state index < -0.39 is 5.60 Å². The van der Waals surface area contributed by atoms with E-state index in [-0.39, 0.29) is 18.0 Å². The average Bonchev–Trinajstić information content (AvgIpc) is 3.19. The molecule has 0 aliphatic carbocycles. The van der Waals surface area contributed by atoms with E-state index in [1.54, 1.807) is 24.1 Å². The second-order valence-electron chi connectivity index (χ2n) is 10.6. The Morgan fingerprint density at radius 2 is 2.03 bits per heavy atom. The Bertz CT molecular complexity index is 993. The number of unbranched alkanes of at least 4 members (excludes halogenated alkanes) is 1. The predicted molar refractivity (Wildman–Crippen MR) is 133 cm³/mol. The number of aromatic amines is 1. The van der Waals surface area contributed by atoms with Crippen LogP contribution in [0.25, 0.3) is 11.0 Å². The molecule has 1 aromatic carbocycles. The second-order valence-corrected chi connectivity index (χ2v) is 10.6. The van der Waals surface area contributed by atoms with Crippen LogP contribution >= 0.6 is 0 Å². The minimum atomic E-state index is -0.547. The number of piperidine rings is 1. The Balaban J connectivity index is 1.71. The lowest BCUT2D eigenvalue weighted by Gasteiger charge is -2.34. The summed E-state index contributed by atoms with van der Waals surface area (Å²) >= 11 is 0. The van der Waals surface area contributed by atoms with Gasteiger partial charge in [0.25, 0.3) is 5.91 Å². The van der Waals surface area contributed by atoms with Gasteiger partial charge in [0.15, 0.2) is 0 Å². The van der Waals surface area contributed by atoms with Crippen molar-refractivity contribution in [3.05, 3.63) is 23.5 Å². The molecule has 3 rings (SSSR count). The predicted octanol–water partition coefficient (Wildman–Crippen LogP) is 5.07. The molecule has 1 aliphatic heterocycles. The average molecular weight is 473 g/mol. The summed E-state index contributed by atoms with van der Waals surface area (Å²) in [6, 6.07) is 3.42. The highest BCUT2D eigenvalue weighted by Crippen LogP contribution is 2.28. The lowest BCUT2D eigenvalue weighted by molar-refractivity contribution is 0.0185. The topological polar surface area (TPSA) is 96.6 Å². The van der Waals surface area contributed by atoms with Crippen molar-refractivity contribution in [1.82, 2.24) is 20.2 Å². The van der Waals surface area contributed by atoms with E-state index in [0.717, 1.165) is 43.4 Å². The van der Waals surface area contributed by atoms with Gasteiger partial charge in [-0.1, -0.05) is 26.7 Å². The summed E-state index contributed by atoms with van der Waals surface area (Å²) in [5, 5.41) is 3.10. The number of methoxy groups -OCH3 is 1. The first-order valence-electron chi connectivity index (χ1n) is 12.4. The van der Waals surface area contributed by atoms with Crippen molar-refractivity contribution in [2.45, 2.75) is 84.8 Å². The summed E-state index contributed by atoms with van der Waals surface area (Å²) in [4.78, 5) is 35.5. The fourth-order valence-corrected chi connectivity index (χ4v) is 4.28. The number of rotatable bonds is 8. The largest absolute Gasteiger partial charge is 0.494 e. The van der Waals surface area contributed by atoms with Crippen LogP contribution in [0, 0.1) is 5.92 Å². The van der Waals surface area contributed by atoms with Crippen LogP contribution in [0.15, 0.2) is 12.1 Å². The molecule has 1 atom stereocenters. The van der Waals surface area contributed by atoms with Crippen molar-refractivity contribution >= 4 is 23.0 Å². The lowest BCUT2D eigenvalue weighted by Crippen LogP contribution is -2.50. The summed E-state index contributed by atoms with van der Waals surface area (Å²) in [7, 11) is 1.62. The van der Waals surface area contributed by atoms with E-state index in [2.05, 4.69) is 24.1 Å². The van der Waals surface area contributed by atoms with Gasteiger partial charge in [-0.05, 0) is 58.1 Å². The fraction of sp³-hybridized carbons (Fsp3) is 0.654. The van der Waals surface area contributed by atoms with Crippen LogP contribution in [0.3, 0.4) is 0 Å². The van der Waals surface area contributed by atoms with E-state index in [0.29, 0.717) is 35.8 Å². The molecule has 0 saturated carbocycles. The van der Waals surface area contributed by atoms with E-state index in [4.69, 9.17) is 14.5 Å². The summed E-state index contributed by atoms with van der Waals surface area (Å²) in [6.45, 7) is 11.1. The monoisotopic (exact) mass is 472 g/mol. The first-order valence-corrected chi connectivity index (χ1v) is 12.4. The van der Waals surface area contributed by atoms with E-state index >= 15 is 0 Å². The number of imidazole rings is 1. The van der Waals surface area contributed by atoms with Crippen LogP contribution in [0.4, 0.5) is 4.79 Å². The number of carbonyl (C=O) groups excluding carboxylic acids is 2. The number of ether oxygens (including phenoxy) is 2. The van der Waals surface area contributed by atoms with Gasteiger partial charge in [-0.15, -0.1) is 0 Å². The lowest BCUT2D eigenvalue weighted by atomic mass is 10.0. The van der Waals surface area contributed by atoms with E-state index in [1.807, 2.05) is 20.8 Å². The van der Waals surface area contributed by atoms with Gasteiger partial charge in [-0.2, -0.15) is 0 Å². The summed E-state index contributed by atoms with van der Waals surface area (Å²) in [6.07, 6.45) is 5.50. The van der Waals surface area contributed by atoms with Crippen molar-refractivity contribution in [2.75, 3.05) is 20.2 Å². The van der Waals surface area contributed by atoms with Gasteiger partial charge >= 0.3 is 6.09 Å². The maximum atomic E-state index is 13.2. The fourth-order valence-electron chi connectivity index (χ4n) is 4.28. The molecule has 1 saturated heterocycles. The first-order chi connectivity index (χ1) is 16.1. The second kappa shape index (κ2) is 11.1. The molecule has 0 bridgehead atoms. The first kappa shape index (κ1) is 25.8. The van der Waals surface area contributed by atoms with Crippen molar-refractivity contribution in [1.29, 1.82) is 0 Å². The van der Waals surface area contributed by atoms with Crippen molar-refractivity contribution < 1.29 is 19.1 Å². The Morgan fingerprint density at radius 3 is 2.71 bits per heavy atom. The summed E-state index contributed by atoms with van der Waals surface area (Å²) in [5.74, 6) is 2.03. The molecule has 8 heteroatoms. The highest BCUT2D eigenvalue weighted by Gasteiger charge is 2.29. The molecule has 1 fully saturated rings. The number of hydrogen-bond acceptors (Lipinski definition) is 5. The zero-order valence-corrected chi connectivity index (χ0v) is 21.5. The minimum absolute atomic E-state index is 0.139. The number of fused-ring (bicyclic) bond motifs is 1. The molecular weight excluding hydrogens is 432 g/mol. The van der Waals surface area contributed by atoms with Crippen molar-refractivity contribution in [2.24, 2.45) is 5.92 Å². The Kier molecular flexibility index (Phi) is 8.44. The molecule has 2 aromatic rings. The number of nitrogens with one attached hydrogen (secondary N) is 2. The van der Waals surface area contributed by atoms with Crippen LogP contribution in [-0.4, -0.2) is 58.7 Å². The zero-order valence-electron chi connectivity index (χ0n) is 21.5. The Labute approximate surface area is 202 Å². The molecule has 0 radical (unpaired) electrons. The Morgan fingerprint density at radius 1 is 1.26 bits per heavy atom. The minimum Gasteiger partial charge on any atom is -0.494 e. The van der Waals surface area contributed by atoms with Crippen LogP contribution in [0.5, 0.6) is 5.75 Å². The molecule has 0 spiro atoms. The number of nitrogens with zero attached hydrogens (tertiary/aromatic N) is 2. The van der Waals surface area contributed by atoms with Crippen LogP contribution in [-0.2, 0) is 11.2 Å². The maximum Gasteiger partial charge on any atom is 0.410 e. The standard InChI is InChI=1S/C26H40N4O4/c1-17(2)10-7-8-12-21-28-22-19(13-14-20(33-6)23(22)29-21)24(31)27-18-11-9-15-30(16-18)25(32)34-26(3,4)5/h13-14,17-18H,7-12,15-16H2,1-6H3,(H,27,31)(H,28,29). The van der Waals surface area contributed by atoms with Gasteiger partial charge in [-0.25, -0.2) is 9.78 Å². The quantitative estimate of drug-likeness (QED) is 0.523. The SMILES string of the molecule is COc1ccc(C(=O)NC2CCCN(C(=O)OC(C)(C)C)C2)c2nc(CCCCC(C)C)[nH]c12. The van der Waals surface area contributed by atoms with Gasteiger partial charge in [-0.3, -0.25) is 4.79 Å². The van der Waals surface area contributed by atoms with Gasteiger partial charge in [0.1, 0.15) is 28.2 Å². The normalized spacial score (nSPS) is 16.7. The maximum absolute atomic E-state index is 13.2.